The Bertz CT molecular complexity index is 1570. The lowest BCUT2D eigenvalue weighted by Crippen LogP contribution is -2.46. The second-order valence-corrected chi connectivity index (χ2v) is 11.2. The van der Waals surface area contributed by atoms with Crippen LogP contribution >= 0.6 is 70.4 Å². The fraction of sp³-hybridized carbons (Fsp3) is 0.0800. The largest absolute Gasteiger partial charge is 0.488 e. The molecule has 0 bridgehead atoms. The second kappa shape index (κ2) is 13.1. The maximum Gasteiger partial charge on any atom is 0.285 e. The van der Waals surface area contributed by atoms with Crippen molar-refractivity contribution in [3.63, 3.8) is 0 Å². The van der Waals surface area contributed by atoms with Crippen LogP contribution in [0.1, 0.15) is 11.1 Å². The van der Waals surface area contributed by atoms with Crippen molar-refractivity contribution in [2.75, 3.05) is 6.61 Å². The zero-order valence-corrected chi connectivity index (χ0v) is 24.5. The van der Waals surface area contributed by atoms with E-state index in [1.165, 1.54) is 36.4 Å². The molecule has 0 spiro atoms. The maximum absolute atomic E-state index is 13.1. The Kier molecular flexibility index (Phi) is 9.77. The van der Waals surface area contributed by atoms with Gasteiger partial charge < -0.3 is 9.47 Å². The quantitative estimate of drug-likeness (QED) is 0.0852. The zero-order chi connectivity index (χ0) is 29.0. The van der Waals surface area contributed by atoms with Crippen LogP contribution in [-0.4, -0.2) is 32.7 Å². The van der Waals surface area contributed by atoms with Crippen LogP contribution in [0.4, 0.5) is 5.69 Å². The Morgan fingerprint density at radius 3 is 2.45 bits per heavy atom. The summed E-state index contributed by atoms with van der Waals surface area (Å²) in [6.07, 6.45) is 1.40. The Morgan fingerprint density at radius 1 is 1.00 bits per heavy atom. The Balaban J connectivity index is 1.49. The van der Waals surface area contributed by atoms with Crippen molar-refractivity contribution in [1.29, 1.82) is 0 Å². The molecule has 1 saturated heterocycles. The van der Waals surface area contributed by atoms with Gasteiger partial charge >= 0.3 is 0 Å². The fourth-order valence-corrected chi connectivity index (χ4v) is 5.24. The topological polar surface area (TPSA) is 111 Å². The lowest BCUT2D eigenvalue weighted by atomic mass is 10.1. The van der Waals surface area contributed by atoms with E-state index in [-0.39, 0.29) is 53.7 Å². The number of carbonyl (C=O) groups is 2. The van der Waals surface area contributed by atoms with E-state index in [0.29, 0.717) is 10.6 Å². The van der Waals surface area contributed by atoms with Crippen LogP contribution in [0.3, 0.4) is 0 Å². The van der Waals surface area contributed by atoms with Gasteiger partial charge in [-0.3, -0.25) is 25.1 Å². The van der Waals surface area contributed by atoms with E-state index in [0.717, 1.165) is 16.8 Å². The average Bonchev–Trinajstić information content (AvgIpc) is 3.17. The lowest BCUT2D eigenvalue weighted by molar-refractivity contribution is -0.384. The summed E-state index contributed by atoms with van der Waals surface area (Å²) in [5.41, 5.74) is 3.11. The molecule has 1 fully saturated rings. The predicted molar refractivity (Wildman–Crippen MR) is 159 cm³/mol. The van der Waals surface area contributed by atoms with Crippen molar-refractivity contribution >= 4 is 98.3 Å². The molecule has 0 aromatic heterocycles. The standard InChI is InChI=1S/C25H15Cl4N3O6S2/c26-16-4-2-1-3-13(16)11-37-20-6-5-15(32(35)36)7-14(20)8-22-24(34)31(25(39)40-22)30-23(33)12-38-21-10-18(28)17(27)9-19(21)29/h1-10H,11-12H2,(H,30,33). The fourth-order valence-electron chi connectivity index (χ4n) is 3.29. The molecule has 3 aromatic carbocycles. The third kappa shape index (κ3) is 7.17. The summed E-state index contributed by atoms with van der Waals surface area (Å²) in [7, 11) is 0. The van der Waals surface area contributed by atoms with Gasteiger partial charge in [-0.15, -0.1) is 0 Å². The first-order chi connectivity index (χ1) is 19.0. The van der Waals surface area contributed by atoms with Crippen LogP contribution in [0.5, 0.6) is 11.5 Å². The molecule has 1 N–H and O–H groups in total. The van der Waals surface area contributed by atoms with Crippen LogP contribution in [-0.2, 0) is 16.2 Å². The number of hydrogen-bond acceptors (Lipinski definition) is 8. The number of halogens is 4. The van der Waals surface area contributed by atoms with Crippen LogP contribution in [0.15, 0.2) is 59.5 Å². The van der Waals surface area contributed by atoms with Gasteiger partial charge in [0, 0.05) is 34.3 Å². The molecule has 0 atom stereocenters. The number of thioether (sulfide) groups is 1. The molecular formula is C25H15Cl4N3O6S2. The smallest absolute Gasteiger partial charge is 0.285 e. The molecule has 15 heteroatoms. The number of amides is 2. The molecule has 9 nitrogen and oxygen atoms in total. The van der Waals surface area contributed by atoms with Gasteiger partial charge in [-0.1, -0.05) is 76.4 Å². The number of non-ortho nitro benzene ring substituents is 1. The molecule has 2 amide bonds. The molecule has 0 aliphatic carbocycles. The summed E-state index contributed by atoms with van der Waals surface area (Å²) in [5, 5.41) is 13.3. The molecule has 0 saturated carbocycles. The Hall–Kier alpha value is -3.06. The van der Waals surface area contributed by atoms with E-state index in [1.54, 1.807) is 24.3 Å². The van der Waals surface area contributed by atoms with Crippen LogP contribution < -0.4 is 14.9 Å². The summed E-state index contributed by atoms with van der Waals surface area (Å²) >= 11 is 30.2. The average molecular weight is 659 g/mol. The van der Waals surface area contributed by atoms with Gasteiger partial charge in [-0.05, 0) is 36.5 Å². The van der Waals surface area contributed by atoms with Gasteiger partial charge in [-0.25, -0.2) is 0 Å². The van der Waals surface area contributed by atoms with Crippen molar-refractivity contribution in [3.8, 4) is 11.5 Å². The number of carbonyl (C=O) groups excluding carboxylic acids is 2. The van der Waals surface area contributed by atoms with E-state index in [4.69, 9.17) is 68.1 Å². The van der Waals surface area contributed by atoms with E-state index in [2.05, 4.69) is 5.43 Å². The summed E-state index contributed by atoms with van der Waals surface area (Å²) in [6, 6.07) is 13.8. The maximum atomic E-state index is 13.1. The molecule has 3 aromatic rings. The first kappa shape index (κ1) is 29.9. The number of thiocarbonyl (C=S) groups is 1. The number of benzene rings is 3. The van der Waals surface area contributed by atoms with Gasteiger partial charge in [-0.2, -0.15) is 5.01 Å². The molecular weight excluding hydrogens is 644 g/mol. The van der Waals surface area contributed by atoms with Crippen molar-refractivity contribution in [3.05, 3.63) is 101 Å². The molecule has 1 aliphatic heterocycles. The molecule has 40 heavy (non-hydrogen) atoms. The van der Waals surface area contributed by atoms with Crippen molar-refractivity contribution in [2.45, 2.75) is 6.61 Å². The second-order valence-electron chi connectivity index (χ2n) is 7.90. The molecule has 1 aliphatic rings. The molecule has 0 radical (unpaired) electrons. The summed E-state index contributed by atoms with van der Waals surface area (Å²) in [4.78, 5) is 36.5. The van der Waals surface area contributed by atoms with Gasteiger partial charge in [0.05, 0.1) is 24.9 Å². The van der Waals surface area contributed by atoms with Crippen molar-refractivity contribution in [2.24, 2.45) is 0 Å². The third-order valence-corrected chi connectivity index (χ3v) is 7.88. The highest BCUT2D eigenvalue weighted by Crippen LogP contribution is 2.36. The highest BCUT2D eigenvalue weighted by molar-refractivity contribution is 8.26. The summed E-state index contributed by atoms with van der Waals surface area (Å²) in [5.74, 6) is -0.975. The Morgan fingerprint density at radius 2 is 1.73 bits per heavy atom. The Labute approximate surface area is 257 Å². The number of rotatable bonds is 9. The van der Waals surface area contributed by atoms with E-state index >= 15 is 0 Å². The van der Waals surface area contributed by atoms with Crippen molar-refractivity contribution < 1.29 is 24.0 Å². The zero-order valence-electron chi connectivity index (χ0n) is 19.9. The summed E-state index contributed by atoms with van der Waals surface area (Å²) < 4.78 is 11.3. The third-order valence-electron chi connectivity index (χ3n) is 5.20. The van der Waals surface area contributed by atoms with E-state index < -0.39 is 23.3 Å². The van der Waals surface area contributed by atoms with E-state index in [1.807, 2.05) is 0 Å². The van der Waals surface area contributed by atoms with Gasteiger partial charge in [0.2, 0.25) is 0 Å². The minimum atomic E-state index is -0.709. The van der Waals surface area contributed by atoms with Gasteiger partial charge in [0.15, 0.2) is 10.9 Å². The van der Waals surface area contributed by atoms with Crippen molar-refractivity contribution in [1.82, 2.24) is 10.4 Å². The normalized spacial score (nSPS) is 14.0. The monoisotopic (exact) mass is 657 g/mol. The molecule has 206 valence electrons. The highest BCUT2D eigenvalue weighted by Gasteiger charge is 2.34. The van der Waals surface area contributed by atoms with Gasteiger partial charge in [0.25, 0.3) is 17.5 Å². The molecule has 4 rings (SSSR count). The number of nitrogens with one attached hydrogen (secondary N) is 1. The van der Waals surface area contributed by atoms with Crippen LogP contribution in [0, 0.1) is 10.1 Å². The number of nitrogens with zero attached hydrogens (tertiary/aromatic N) is 2. The number of nitro groups is 1. The first-order valence-corrected chi connectivity index (χ1v) is 13.8. The van der Waals surface area contributed by atoms with E-state index in [9.17, 15) is 19.7 Å². The van der Waals surface area contributed by atoms with Crippen LogP contribution in [0.25, 0.3) is 6.08 Å². The summed E-state index contributed by atoms with van der Waals surface area (Å²) in [6.45, 7) is -0.434. The minimum Gasteiger partial charge on any atom is -0.488 e. The number of hydrogen-bond donors (Lipinski definition) is 1. The SMILES string of the molecule is O=C(COc1cc(Cl)c(Cl)cc1Cl)NN1C(=O)C(=Cc2cc([N+](=O)[O-])ccc2OCc2ccccc2Cl)SC1=S. The van der Waals surface area contributed by atoms with Crippen LogP contribution in [0.2, 0.25) is 20.1 Å². The number of nitro benzene ring substituents is 1. The highest BCUT2D eigenvalue weighted by atomic mass is 35.5. The predicted octanol–water partition coefficient (Wildman–Crippen LogP) is 7.10. The number of hydrazine groups is 1. The molecule has 0 unspecified atom stereocenters. The minimum absolute atomic E-state index is 0.0288. The first-order valence-electron chi connectivity index (χ1n) is 11.0. The number of ether oxygens (including phenoxy) is 2. The molecule has 1 heterocycles. The van der Waals surface area contributed by atoms with Gasteiger partial charge in [0.1, 0.15) is 18.1 Å². The lowest BCUT2D eigenvalue weighted by Gasteiger charge is -2.16.